The minimum Gasteiger partial charge on any atom is -0.300 e. The van der Waals surface area contributed by atoms with E-state index in [-0.39, 0.29) is 11.7 Å². The van der Waals surface area contributed by atoms with Crippen LogP contribution in [0.3, 0.4) is 0 Å². The molecule has 0 aliphatic heterocycles. The molecule has 0 saturated carbocycles. The molecule has 0 aliphatic carbocycles. The van der Waals surface area contributed by atoms with Gasteiger partial charge >= 0.3 is 0 Å². The molecule has 1 nitrogen and oxygen atoms in total. The third-order valence-electron chi connectivity index (χ3n) is 2.12. The first-order chi connectivity index (χ1) is 6.09. The van der Waals surface area contributed by atoms with Gasteiger partial charge in [-0.3, -0.25) is 4.79 Å². The quantitative estimate of drug-likeness (QED) is 0.726. The van der Waals surface area contributed by atoms with E-state index in [1.807, 2.05) is 31.2 Å². The van der Waals surface area contributed by atoms with E-state index in [2.05, 4.69) is 0 Å². The summed E-state index contributed by atoms with van der Waals surface area (Å²) < 4.78 is 0. The molecule has 1 aromatic carbocycles. The number of Topliss-reactive ketones (excluding diaryl/α,β-unsaturated/α-hetero) is 1. The molecule has 0 N–H and O–H groups in total. The molecule has 13 heavy (non-hydrogen) atoms. The Bertz CT molecular complexity index is 307. The number of benzene rings is 1. The maximum absolute atomic E-state index is 11.0. The van der Waals surface area contributed by atoms with E-state index < -0.39 is 0 Å². The molecular weight excluding hydrogens is 184 g/mol. The first-order valence-electron chi connectivity index (χ1n) is 4.34. The normalized spacial score (nSPS) is 12.5. The third-order valence-corrected chi connectivity index (χ3v) is 2.36. The third kappa shape index (κ3) is 3.19. The molecule has 70 valence electrons. The lowest BCUT2D eigenvalue weighted by molar-refractivity contribution is -0.120. The van der Waals surface area contributed by atoms with E-state index in [0.717, 1.165) is 17.0 Å². The van der Waals surface area contributed by atoms with Crippen LogP contribution in [0.1, 0.15) is 19.4 Å². The Balaban J connectivity index is 2.69. The Kier molecular flexibility index (Phi) is 3.49. The van der Waals surface area contributed by atoms with Crippen molar-refractivity contribution < 1.29 is 4.79 Å². The monoisotopic (exact) mass is 196 g/mol. The van der Waals surface area contributed by atoms with Crippen molar-refractivity contribution in [1.82, 2.24) is 0 Å². The van der Waals surface area contributed by atoms with Crippen molar-refractivity contribution in [2.45, 2.75) is 20.3 Å². The predicted octanol–water partition coefficient (Wildman–Crippen LogP) is 3.11. The molecule has 1 aromatic rings. The van der Waals surface area contributed by atoms with Crippen LogP contribution in [0.15, 0.2) is 24.3 Å². The fourth-order valence-electron chi connectivity index (χ4n) is 1.16. The molecule has 0 radical (unpaired) electrons. The molecule has 0 spiro atoms. The number of carbonyl (C=O) groups excluding carboxylic acids is 1. The first-order valence-corrected chi connectivity index (χ1v) is 4.72. The van der Waals surface area contributed by atoms with Gasteiger partial charge in [-0.2, -0.15) is 0 Å². The van der Waals surface area contributed by atoms with Crippen molar-refractivity contribution in [3.63, 3.8) is 0 Å². The summed E-state index contributed by atoms with van der Waals surface area (Å²) in [5, 5.41) is 0.730. The molecule has 0 heterocycles. The fourth-order valence-corrected chi connectivity index (χ4v) is 1.37. The Hall–Kier alpha value is -0.820. The molecule has 0 aliphatic rings. The van der Waals surface area contributed by atoms with Crippen LogP contribution in [0.4, 0.5) is 0 Å². The largest absolute Gasteiger partial charge is 0.300 e. The van der Waals surface area contributed by atoms with E-state index in [1.54, 1.807) is 6.92 Å². The fraction of sp³-hybridized carbons (Fsp3) is 0.364. The van der Waals surface area contributed by atoms with E-state index >= 15 is 0 Å². The molecule has 0 fully saturated rings. The number of hydrogen-bond donors (Lipinski definition) is 0. The lowest BCUT2D eigenvalue weighted by Gasteiger charge is -2.07. The molecule has 0 aromatic heterocycles. The lowest BCUT2D eigenvalue weighted by atomic mass is 9.98. The summed E-state index contributed by atoms with van der Waals surface area (Å²) in [7, 11) is 0. The van der Waals surface area contributed by atoms with E-state index in [0.29, 0.717) is 0 Å². The van der Waals surface area contributed by atoms with Gasteiger partial charge in [-0.1, -0.05) is 30.7 Å². The zero-order valence-corrected chi connectivity index (χ0v) is 8.64. The van der Waals surface area contributed by atoms with Gasteiger partial charge in [-0.05, 0) is 31.0 Å². The smallest absolute Gasteiger partial charge is 0.132 e. The topological polar surface area (TPSA) is 17.1 Å². The van der Waals surface area contributed by atoms with Crippen molar-refractivity contribution >= 4 is 17.4 Å². The van der Waals surface area contributed by atoms with Crippen LogP contribution in [-0.4, -0.2) is 5.78 Å². The number of hydrogen-bond acceptors (Lipinski definition) is 1. The van der Waals surface area contributed by atoms with Crippen molar-refractivity contribution in [2.75, 3.05) is 0 Å². The van der Waals surface area contributed by atoms with Crippen LogP contribution in [0.5, 0.6) is 0 Å². The van der Waals surface area contributed by atoms with Crippen molar-refractivity contribution in [3.05, 3.63) is 34.9 Å². The van der Waals surface area contributed by atoms with Crippen LogP contribution in [-0.2, 0) is 11.2 Å². The summed E-state index contributed by atoms with van der Waals surface area (Å²) in [6.45, 7) is 3.55. The Morgan fingerprint density at radius 1 is 1.54 bits per heavy atom. The Labute approximate surface area is 83.7 Å². The zero-order chi connectivity index (χ0) is 9.84. The van der Waals surface area contributed by atoms with Crippen LogP contribution < -0.4 is 0 Å². The molecule has 0 unspecified atom stereocenters. The second kappa shape index (κ2) is 4.43. The molecule has 1 rings (SSSR count). The zero-order valence-electron chi connectivity index (χ0n) is 7.88. The molecule has 1 atom stereocenters. The van der Waals surface area contributed by atoms with Crippen LogP contribution in [0.25, 0.3) is 0 Å². The van der Waals surface area contributed by atoms with Gasteiger partial charge in [0.25, 0.3) is 0 Å². The molecule has 2 heteroatoms. The predicted molar refractivity (Wildman–Crippen MR) is 55.0 cm³/mol. The number of ketones is 1. The Morgan fingerprint density at radius 2 is 2.23 bits per heavy atom. The minimum atomic E-state index is 0.0819. The van der Waals surface area contributed by atoms with Crippen LogP contribution >= 0.6 is 11.6 Å². The van der Waals surface area contributed by atoms with Gasteiger partial charge < -0.3 is 0 Å². The first kappa shape index (κ1) is 10.3. The summed E-state index contributed by atoms with van der Waals surface area (Å²) in [6, 6.07) is 7.64. The summed E-state index contributed by atoms with van der Waals surface area (Å²) in [5.41, 5.74) is 1.12. The molecular formula is C11H13ClO. The van der Waals surface area contributed by atoms with Gasteiger partial charge in [0.15, 0.2) is 0 Å². The number of carbonyl (C=O) groups is 1. The van der Waals surface area contributed by atoms with Gasteiger partial charge in [0.1, 0.15) is 5.78 Å². The van der Waals surface area contributed by atoms with Gasteiger partial charge in [0.2, 0.25) is 0 Å². The minimum absolute atomic E-state index is 0.0819. The molecule has 0 bridgehead atoms. The second-order valence-electron chi connectivity index (χ2n) is 3.35. The number of rotatable bonds is 3. The average molecular weight is 197 g/mol. The van der Waals surface area contributed by atoms with Gasteiger partial charge in [-0.25, -0.2) is 0 Å². The summed E-state index contributed by atoms with van der Waals surface area (Å²) in [6.07, 6.45) is 0.774. The summed E-state index contributed by atoms with van der Waals surface area (Å²) in [4.78, 5) is 11.0. The van der Waals surface area contributed by atoms with Crippen LogP contribution in [0, 0.1) is 5.92 Å². The van der Waals surface area contributed by atoms with E-state index in [1.165, 1.54) is 0 Å². The molecule has 0 saturated heterocycles. The van der Waals surface area contributed by atoms with Crippen LogP contribution in [0.2, 0.25) is 5.02 Å². The van der Waals surface area contributed by atoms with Gasteiger partial charge in [0, 0.05) is 10.9 Å². The summed E-state index contributed by atoms with van der Waals surface area (Å²) >= 11 is 5.82. The van der Waals surface area contributed by atoms with Crippen molar-refractivity contribution in [2.24, 2.45) is 5.92 Å². The highest BCUT2D eigenvalue weighted by atomic mass is 35.5. The van der Waals surface area contributed by atoms with Gasteiger partial charge in [-0.15, -0.1) is 0 Å². The summed E-state index contributed by atoms with van der Waals surface area (Å²) in [5.74, 6) is 0.304. The highest BCUT2D eigenvalue weighted by Gasteiger charge is 2.08. The highest BCUT2D eigenvalue weighted by Crippen LogP contribution is 2.14. The lowest BCUT2D eigenvalue weighted by Crippen LogP contribution is -2.09. The number of halogens is 1. The Morgan fingerprint density at radius 3 is 2.77 bits per heavy atom. The van der Waals surface area contributed by atoms with Crippen molar-refractivity contribution in [1.29, 1.82) is 0 Å². The van der Waals surface area contributed by atoms with Crippen molar-refractivity contribution in [3.8, 4) is 0 Å². The van der Waals surface area contributed by atoms with E-state index in [4.69, 9.17) is 11.6 Å². The molecule has 0 amide bonds. The highest BCUT2D eigenvalue weighted by molar-refractivity contribution is 6.30. The maximum atomic E-state index is 11.0. The maximum Gasteiger partial charge on any atom is 0.132 e. The SMILES string of the molecule is CC(=O)[C@@H](C)Cc1cccc(Cl)c1. The van der Waals surface area contributed by atoms with Gasteiger partial charge in [0.05, 0.1) is 0 Å². The average Bonchev–Trinajstić information content (AvgIpc) is 2.04. The van der Waals surface area contributed by atoms with E-state index in [9.17, 15) is 4.79 Å². The second-order valence-corrected chi connectivity index (χ2v) is 3.78. The standard InChI is InChI=1S/C11H13ClO/c1-8(9(2)13)6-10-4-3-5-11(12)7-10/h3-5,7-8H,6H2,1-2H3/t8-/m0/s1.